The number of rotatable bonds is 6. The Hall–Kier alpha value is -1.58. The second kappa shape index (κ2) is 7.43. The van der Waals surface area contributed by atoms with Gasteiger partial charge in [0, 0.05) is 11.1 Å². The Kier molecular flexibility index (Phi) is 5.59. The van der Waals surface area contributed by atoms with Gasteiger partial charge in [-0.05, 0) is 49.2 Å². The van der Waals surface area contributed by atoms with E-state index in [2.05, 4.69) is 5.32 Å². The first-order valence-electron chi connectivity index (χ1n) is 6.87. The third-order valence-electron chi connectivity index (χ3n) is 3.53. The van der Waals surface area contributed by atoms with Crippen molar-refractivity contribution in [2.24, 2.45) is 0 Å². The Morgan fingerprint density at radius 1 is 1.14 bits per heavy atom. The van der Waals surface area contributed by atoms with E-state index in [0.29, 0.717) is 12.0 Å². The molecule has 0 fully saturated rings. The van der Waals surface area contributed by atoms with Gasteiger partial charge in [-0.15, -0.1) is 0 Å². The molecule has 112 valence electrons. The fourth-order valence-corrected chi connectivity index (χ4v) is 2.44. The van der Waals surface area contributed by atoms with Gasteiger partial charge >= 0.3 is 0 Å². The van der Waals surface area contributed by atoms with Crippen LogP contribution in [-0.4, -0.2) is 20.2 Å². The summed E-state index contributed by atoms with van der Waals surface area (Å²) in [6.07, 6.45) is 1.41. The molecular formula is C17H19ClFNO. The first-order chi connectivity index (χ1) is 10.1. The zero-order chi connectivity index (χ0) is 15.2. The van der Waals surface area contributed by atoms with Gasteiger partial charge < -0.3 is 10.1 Å². The zero-order valence-corrected chi connectivity index (χ0v) is 13.0. The van der Waals surface area contributed by atoms with Crippen LogP contribution in [-0.2, 0) is 12.8 Å². The number of methoxy groups -OCH3 is 1. The van der Waals surface area contributed by atoms with E-state index < -0.39 is 0 Å². The van der Waals surface area contributed by atoms with Gasteiger partial charge in [0.1, 0.15) is 0 Å². The van der Waals surface area contributed by atoms with E-state index in [1.54, 1.807) is 12.1 Å². The van der Waals surface area contributed by atoms with Crippen LogP contribution in [0.2, 0.25) is 5.02 Å². The summed E-state index contributed by atoms with van der Waals surface area (Å²) in [5.41, 5.74) is 1.82. The molecule has 2 aromatic carbocycles. The lowest BCUT2D eigenvalue weighted by molar-refractivity contribution is 0.382. The third-order valence-corrected chi connectivity index (χ3v) is 3.79. The molecule has 0 saturated carbocycles. The lowest BCUT2D eigenvalue weighted by Crippen LogP contribution is -2.30. The minimum absolute atomic E-state index is 0.146. The van der Waals surface area contributed by atoms with Crippen LogP contribution in [0.1, 0.15) is 11.1 Å². The highest BCUT2D eigenvalue weighted by Crippen LogP contribution is 2.22. The summed E-state index contributed by atoms with van der Waals surface area (Å²) in [6.45, 7) is 0. The van der Waals surface area contributed by atoms with Crippen molar-refractivity contribution in [3.05, 3.63) is 64.4 Å². The largest absolute Gasteiger partial charge is 0.494 e. The number of halogens is 2. The van der Waals surface area contributed by atoms with E-state index in [0.717, 1.165) is 11.4 Å². The molecule has 0 saturated heterocycles. The maximum absolute atomic E-state index is 14.2. The molecule has 0 aliphatic rings. The molecule has 0 aromatic heterocycles. The quantitative estimate of drug-likeness (QED) is 0.875. The molecule has 1 unspecified atom stereocenters. The molecular weight excluding hydrogens is 289 g/mol. The van der Waals surface area contributed by atoms with Crippen molar-refractivity contribution in [1.82, 2.24) is 5.32 Å². The van der Waals surface area contributed by atoms with E-state index in [-0.39, 0.29) is 17.6 Å². The fourth-order valence-electron chi connectivity index (χ4n) is 2.32. The Labute approximate surface area is 129 Å². The van der Waals surface area contributed by atoms with Crippen molar-refractivity contribution in [2.75, 3.05) is 14.2 Å². The van der Waals surface area contributed by atoms with Gasteiger partial charge in [-0.25, -0.2) is 4.39 Å². The Bertz CT molecular complexity index is 586. The fraction of sp³-hybridized carbons (Fsp3) is 0.294. The van der Waals surface area contributed by atoms with Crippen LogP contribution >= 0.6 is 11.6 Å². The average molecular weight is 308 g/mol. The third kappa shape index (κ3) is 4.19. The first kappa shape index (κ1) is 15.8. The van der Waals surface area contributed by atoms with Crippen molar-refractivity contribution in [1.29, 1.82) is 0 Å². The molecule has 2 aromatic rings. The van der Waals surface area contributed by atoms with Gasteiger partial charge in [-0.1, -0.05) is 35.9 Å². The summed E-state index contributed by atoms with van der Waals surface area (Å²) >= 11 is 5.89. The highest BCUT2D eigenvalue weighted by Gasteiger charge is 2.14. The number of nitrogens with one attached hydrogen (secondary N) is 1. The van der Waals surface area contributed by atoms with Gasteiger partial charge in [-0.3, -0.25) is 0 Å². The molecule has 0 heterocycles. The monoisotopic (exact) mass is 307 g/mol. The van der Waals surface area contributed by atoms with Gasteiger partial charge in [0.15, 0.2) is 11.6 Å². The molecule has 0 bridgehead atoms. The molecule has 0 aliphatic heterocycles. The lowest BCUT2D eigenvalue weighted by Gasteiger charge is -2.17. The summed E-state index contributed by atoms with van der Waals surface area (Å²) in [6, 6.07) is 13.1. The lowest BCUT2D eigenvalue weighted by atomic mass is 9.98. The summed E-state index contributed by atoms with van der Waals surface area (Å²) in [5, 5.41) is 3.96. The molecule has 1 atom stereocenters. The van der Waals surface area contributed by atoms with Crippen LogP contribution in [0.3, 0.4) is 0 Å². The van der Waals surface area contributed by atoms with E-state index in [4.69, 9.17) is 16.3 Å². The normalized spacial score (nSPS) is 12.2. The van der Waals surface area contributed by atoms with Crippen molar-refractivity contribution in [3.8, 4) is 5.75 Å². The molecule has 0 spiro atoms. The summed E-state index contributed by atoms with van der Waals surface area (Å²) in [4.78, 5) is 0. The number of likely N-dealkylation sites (N-methyl/N-ethyl adjacent to an activating group) is 1. The van der Waals surface area contributed by atoms with E-state index in [9.17, 15) is 4.39 Å². The van der Waals surface area contributed by atoms with Crippen LogP contribution in [0, 0.1) is 5.82 Å². The smallest absolute Gasteiger partial charge is 0.168 e. The minimum Gasteiger partial charge on any atom is -0.494 e. The number of hydrogen-bond donors (Lipinski definition) is 1. The van der Waals surface area contributed by atoms with Gasteiger partial charge in [0.25, 0.3) is 0 Å². The second-order valence-electron chi connectivity index (χ2n) is 4.95. The highest BCUT2D eigenvalue weighted by atomic mass is 35.5. The van der Waals surface area contributed by atoms with E-state index in [1.807, 2.05) is 37.4 Å². The Balaban J connectivity index is 2.10. The summed E-state index contributed by atoms with van der Waals surface area (Å²) in [7, 11) is 3.37. The predicted molar refractivity (Wildman–Crippen MR) is 84.7 cm³/mol. The van der Waals surface area contributed by atoms with Crippen molar-refractivity contribution in [2.45, 2.75) is 18.9 Å². The summed E-state index contributed by atoms with van der Waals surface area (Å²) in [5.74, 6) is 0.00482. The van der Waals surface area contributed by atoms with Crippen molar-refractivity contribution in [3.63, 3.8) is 0 Å². The second-order valence-corrected chi connectivity index (χ2v) is 5.39. The number of benzene rings is 2. The molecule has 1 N–H and O–H groups in total. The Morgan fingerprint density at radius 2 is 1.86 bits per heavy atom. The standard InChI is InChI=1S/C17H19ClFNO/c1-20-15(10-12-6-8-14(18)9-7-12)11-13-4-3-5-16(21-2)17(13)19/h3-9,15,20H,10-11H2,1-2H3. The molecule has 2 rings (SSSR count). The van der Waals surface area contributed by atoms with Gasteiger partial charge in [0.2, 0.25) is 0 Å². The summed E-state index contributed by atoms with van der Waals surface area (Å²) < 4.78 is 19.2. The molecule has 2 nitrogen and oxygen atoms in total. The number of ether oxygens (including phenoxy) is 1. The predicted octanol–water partition coefficient (Wildman–Crippen LogP) is 3.86. The Morgan fingerprint density at radius 3 is 2.48 bits per heavy atom. The first-order valence-corrected chi connectivity index (χ1v) is 7.25. The topological polar surface area (TPSA) is 21.3 Å². The molecule has 0 radical (unpaired) electrons. The number of hydrogen-bond acceptors (Lipinski definition) is 2. The molecule has 4 heteroatoms. The zero-order valence-electron chi connectivity index (χ0n) is 12.2. The van der Waals surface area contributed by atoms with Crippen LogP contribution in [0.4, 0.5) is 4.39 Å². The molecule has 0 aliphatic carbocycles. The molecule has 0 amide bonds. The average Bonchev–Trinajstić information content (AvgIpc) is 2.50. The minimum atomic E-state index is -0.281. The van der Waals surface area contributed by atoms with Gasteiger partial charge in [0.05, 0.1) is 7.11 Å². The van der Waals surface area contributed by atoms with Crippen LogP contribution in [0.25, 0.3) is 0 Å². The maximum Gasteiger partial charge on any atom is 0.168 e. The van der Waals surface area contributed by atoms with Crippen molar-refractivity contribution < 1.29 is 9.13 Å². The van der Waals surface area contributed by atoms with Crippen LogP contribution in [0.5, 0.6) is 5.75 Å². The van der Waals surface area contributed by atoms with E-state index >= 15 is 0 Å². The van der Waals surface area contributed by atoms with Crippen LogP contribution < -0.4 is 10.1 Å². The maximum atomic E-state index is 14.2. The molecule has 21 heavy (non-hydrogen) atoms. The van der Waals surface area contributed by atoms with E-state index in [1.165, 1.54) is 12.7 Å². The van der Waals surface area contributed by atoms with Gasteiger partial charge in [-0.2, -0.15) is 0 Å². The van der Waals surface area contributed by atoms with Crippen molar-refractivity contribution >= 4 is 11.6 Å². The SMILES string of the molecule is CNC(Cc1ccc(Cl)cc1)Cc1cccc(OC)c1F. The van der Waals surface area contributed by atoms with Crippen LogP contribution in [0.15, 0.2) is 42.5 Å². The highest BCUT2D eigenvalue weighted by molar-refractivity contribution is 6.30.